The van der Waals surface area contributed by atoms with Crippen LogP contribution in [0.2, 0.25) is 0 Å². The lowest BCUT2D eigenvalue weighted by atomic mass is 10.0. The second-order valence-electron chi connectivity index (χ2n) is 4.99. The molecule has 0 bridgehead atoms. The molecule has 0 aromatic heterocycles. The summed E-state index contributed by atoms with van der Waals surface area (Å²) in [5, 5.41) is 0. The van der Waals surface area contributed by atoms with Crippen LogP contribution in [0, 0.1) is 0 Å². The molecule has 0 spiro atoms. The third-order valence-electron chi connectivity index (χ3n) is 3.38. The van der Waals surface area contributed by atoms with Gasteiger partial charge in [0.25, 0.3) is 0 Å². The van der Waals surface area contributed by atoms with Crippen molar-refractivity contribution in [3.63, 3.8) is 0 Å². The molecule has 3 rings (SSSR count). The zero-order valence-electron chi connectivity index (χ0n) is 11.7. The molecule has 5 nitrogen and oxygen atoms in total. The Morgan fingerprint density at radius 1 is 1.00 bits per heavy atom. The number of carbonyl (C=O) groups excluding carboxylic acids is 3. The first kappa shape index (κ1) is 14.0. The third-order valence-corrected chi connectivity index (χ3v) is 3.38. The van der Waals surface area contributed by atoms with E-state index in [1.54, 1.807) is 36.4 Å². The van der Waals surface area contributed by atoms with Crippen molar-refractivity contribution >= 4 is 17.8 Å². The van der Waals surface area contributed by atoms with E-state index in [4.69, 9.17) is 0 Å². The van der Waals surface area contributed by atoms with Crippen LogP contribution in [0.4, 0.5) is 4.79 Å². The van der Waals surface area contributed by atoms with Crippen LogP contribution >= 0.6 is 0 Å². The summed E-state index contributed by atoms with van der Waals surface area (Å²) in [6.07, 6.45) is -0.648. The number of nitrogens with zero attached hydrogens (tertiary/aromatic N) is 1. The Morgan fingerprint density at radius 2 is 1.73 bits per heavy atom. The van der Waals surface area contributed by atoms with E-state index in [1.807, 2.05) is 18.2 Å². The number of ether oxygens (including phenoxy) is 1. The highest BCUT2D eigenvalue weighted by atomic mass is 16.6. The highest BCUT2D eigenvalue weighted by molar-refractivity contribution is 6.09. The molecule has 22 heavy (non-hydrogen) atoms. The number of cyclic esters (lactones) is 2. The minimum absolute atomic E-state index is 0.0598. The maximum atomic E-state index is 12.4. The molecule has 1 saturated heterocycles. The van der Waals surface area contributed by atoms with Crippen molar-refractivity contribution in [1.29, 1.82) is 0 Å². The summed E-state index contributed by atoms with van der Waals surface area (Å²) < 4.78 is 4.47. The normalized spacial score (nSPS) is 14.1. The van der Waals surface area contributed by atoms with Gasteiger partial charge in [-0.25, -0.2) is 9.59 Å². The van der Waals surface area contributed by atoms with Gasteiger partial charge in [0.05, 0.1) is 0 Å². The van der Waals surface area contributed by atoms with E-state index < -0.39 is 12.1 Å². The fraction of sp³-hybridized carbons (Fsp3) is 0.118. The lowest BCUT2D eigenvalue weighted by Gasteiger charge is -2.12. The molecule has 1 amide bonds. The molecule has 0 radical (unpaired) electrons. The van der Waals surface area contributed by atoms with Crippen LogP contribution in [0.15, 0.2) is 54.6 Å². The molecule has 110 valence electrons. The molecule has 0 N–H and O–H groups in total. The van der Waals surface area contributed by atoms with Crippen molar-refractivity contribution in [2.24, 2.45) is 0 Å². The lowest BCUT2D eigenvalue weighted by molar-refractivity contribution is -0.132. The Morgan fingerprint density at radius 3 is 2.41 bits per heavy atom. The smallest absolute Gasteiger partial charge is 0.375 e. The van der Waals surface area contributed by atoms with Crippen LogP contribution in [0.1, 0.15) is 21.5 Å². The second kappa shape index (κ2) is 5.81. The van der Waals surface area contributed by atoms with Gasteiger partial charge in [0, 0.05) is 17.7 Å². The van der Waals surface area contributed by atoms with Gasteiger partial charge in [0.1, 0.15) is 6.54 Å². The van der Waals surface area contributed by atoms with Crippen LogP contribution in [-0.4, -0.2) is 29.3 Å². The Balaban J connectivity index is 1.80. The number of ketones is 1. The minimum Gasteiger partial charge on any atom is -0.375 e. The van der Waals surface area contributed by atoms with E-state index in [0.29, 0.717) is 11.1 Å². The fourth-order valence-corrected chi connectivity index (χ4v) is 2.32. The number of carbonyl (C=O) groups is 3. The monoisotopic (exact) mass is 295 g/mol. The topological polar surface area (TPSA) is 63.7 Å². The number of esters is 1. The molecular formula is C17H13NO4. The van der Waals surface area contributed by atoms with Crippen molar-refractivity contribution in [3.8, 4) is 0 Å². The van der Waals surface area contributed by atoms with E-state index in [2.05, 4.69) is 4.74 Å². The van der Waals surface area contributed by atoms with Crippen molar-refractivity contribution < 1.29 is 19.1 Å². The standard InChI is InChI=1S/C17H13NO4/c19-15-11-18(17(21)22-15)10-12-5-4-8-14(9-12)16(20)13-6-2-1-3-7-13/h1-9H,10-11H2. The van der Waals surface area contributed by atoms with E-state index in [9.17, 15) is 14.4 Å². The molecule has 1 aliphatic heterocycles. The van der Waals surface area contributed by atoms with Crippen LogP contribution < -0.4 is 0 Å². The second-order valence-corrected chi connectivity index (χ2v) is 4.99. The summed E-state index contributed by atoms with van der Waals surface area (Å²) in [5.74, 6) is -0.635. The highest BCUT2D eigenvalue weighted by Gasteiger charge is 2.29. The fourth-order valence-electron chi connectivity index (χ4n) is 2.32. The zero-order chi connectivity index (χ0) is 15.5. The maximum Gasteiger partial charge on any atom is 0.418 e. The summed E-state index contributed by atoms with van der Waals surface area (Å²) in [6, 6.07) is 16.0. The predicted molar refractivity (Wildman–Crippen MR) is 78.2 cm³/mol. The van der Waals surface area contributed by atoms with Gasteiger partial charge in [-0.1, -0.05) is 48.5 Å². The number of benzene rings is 2. The highest BCUT2D eigenvalue weighted by Crippen LogP contribution is 2.15. The molecule has 0 saturated carbocycles. The lowest BCUT2D eigenvalue weighted by Crippen LogP contribution is -2.24. The maximum absolute atomic E-state index is 12.4. The number of hydrogen-bond donors (Lipinski definition) is 0. The first-order valence-corrected chi connectivity index (χ1v) is 6.82. The van der Waals surface area contributed by atoms with Crippen molar-refractivity contribution in [2.75, 3.05) is 6.54 Å². The molecule has 2 aromatic carbocycles. The van der Waals surface area contributed by atoms with Crippen molar-refractivity contribution in [1.82, 2.24) is 4.90 Å². The van der Waals surface area contributed by atoms with Gasteiger partial charge in [-0.05, 0) is 11.6 Å². The van der Waals surface area contributed by atoms with Gasteiger partial charge in [-0.3, -0.25) is 9.69 Å². The van der Waals surface area contributed by atoms with Crippen LogP contribution in [-0.2, 0) is 16.1 Å². The summed E-state index contributed by atoms with van der Waals surface area (Å²) in [6.45, 7) is 0.177. The summed E-state index contributed by atoms with van der Waals surface area (Å²) in [4.78, 5) is 36.2. The summed E-state index contributed by atoms with van der Waals surface area (Å²) in [5.41, 5.74) is 1.92. The van der Waals surface area contributed by atoms with Gasteiger partial charge in [-0.2, -0.15) is 0 Å². The first-order chi connectivity index (χ1) is 10.6. The SMILES string of the molecule is O=C1CN(Cc2cccc(C(=O)c3ccccc3)c2)C(=O)O1. The molecule has 1 heterocycles. The van der Waals surface area contributed by atoms with Gasteiger partial charge in [0.15, 0.2) is 5.78 Å². The Labute approximate surface area is 127 Å². The van der Waals surface area contributed by atoms with E-state index in [-0.39, 0.29) is 18.9 Å². The van der Waals surface area contributed by atoms with E-state index in [0.717, 1.165) is 5.56 Å². The minimum atomic E-state index is -0.648. The largest absolute Gasteiger partial charge is 0.418 e. The first-order valence-electron chi connectivity index (χ1n) is 6.82. The molecule has 1 aliphatic rings. The molecule has 5 heteroatoms. The van der Waals surface area contributed by atoms with Crippen LogP contribution in [0.5, 0.6) is 0 Å². The predicted octanol–water partition coefficient (Wildman–Crippen LogP) is 2.40. The Kier molecular flexibility index (Phi) is 3.70. The van der Waals surface area contributed by atoms with E-state index in [1.165, 1.54) is 4.90 Å². The molecule has 0 unspecified atom stereocenters. The number of hydrogen-bond acceptors (Lipinski definition) is 4. The average Bonchev–Trinajstić information content (AvgIpc) is 2.85. The van der Waals surface area contributed by atoms with Crippen LogP contribution in [0.3, 0.4) is 0 Å². The molecular weight excluding hydrogens is 282 g/mol. The summed E-state index contributed by atoms with van der Waals surface area (Å²) >= 11 is 0. The zero-order valence-corrected chi connectivity index (χ0v) is 11.7. The average molecular weight is 295 g/mol. The Bertz CT molecular complexity index is 739. The van der Waals surface area contributed by atoms with Gasteiger partial charge >= 0.3 is 12.1 Å². The molecule has 0 atom stereocenters. The number of rotatable bonds is 4. The van der Waals surface area contributed by atoms with Crippen molar-refractivity contribution in [3.05, 3.63) is 71.3 Å². The molecule has 0 aliphatic carbocycles. The van der Waals surface area contributed by atoms with Gasteiger partial charge in [0.2, 0.25) is 0 Å². The van der Waals surface area contributed by atoms with E-state index >= 15 is 0 Å². The van der Waals surface area contributed by atoms with Gasteiger partial charge < -0.3 is 4.74 Å². The third kappa shape index (κ3) is 2.88. The number of amides is 1. The van der Waals surface area contributed by atoms with Crippen LogP contribution in [0.25, 0.3) is 0 Å². The van der Waals surface area contributed by atoms with Gasteiger partial charge in [-0.15, -0.1) is 0 Å². The van der Waals surface area contributed by atoms with Crippen molar-refractivity contribution in [2.45, 2.75) is 6.54 Å². The Hall–Kier alpha value is -2.95. The summed E-state index contributed by atoms with van der Waals surface area (Å²) in [7, 11) is 0. The molecule has 2 aromatic rings. The quantitative estimate of drug-likeness (QED) is 0.493. The molecule has 1 fully saturated rings.